The van der Waals surface area contributed by atoms with E-state index in [0.717, 1.165) is 45.1 Å². The Balaban J connectivity index is 1.40. The van der Waals surface area contributed by atoms with Crippen molar-refractivity contribution in [2.24, 2.45) is 0 Å². The van der Waals surface area contributed by atoms with E-state index in [0.29, 0.717) is 18.3 Å². The van der Waals surface area contributed by atoms with Gasteiger partial charge in [-0.05, 0) is 24.6 Å². The minimum Gasteiger partial charge on any atom is -0.378 e. The lowest BCUT2D eigenvalue weighted by molar-refractivity contribution is 0.122. The zero-order valence-electron chi connectivity index (χ0n) is 13.9. The Kier molecular flexibility index (Phi) is 4.60. The van der Waals surface area contributed by atoms with Crippen molar-refractivity contribution in [3.63, 3.8) is 0 Å². The van der Waals surface area contributed by atoms with Gasteiger partial charge in [0.05, 0.1) is 13.2 Å². The highest BCUT2D eigenvalue weighted by Crippen LogP contribution is 2.22. The van der Waals surface area contributed by atoms with Gasteiger partial charge in [0.15, 0.2) is 11.6 Å². The number of ether oxygens (including phenoxy) is 1. The quantitative estimate of drug-likeness (QED) is 0.902. The van der Waals surface area contributed by atoms with Crippen molar-refractivity contribution >= 4 is 17.6 Å². The smallest absolute Gasteiger partial charge is 0.224 e. The zero-order valence-corrected chi connectivity index (χ0v) is 13.9. The second kappa shape index (κ2) is 7.18. The van der Waals surface area contributed by atoms with Crippen LogP contribution in [0.1, 0.15) is 6.42 Å². The average molecular weight is 344 g/mol. The number of rotatable bonds is 4. The third-order valence-electron chi connectivity index (χ3n) is 4.54. The summed E-state index contributed by atoms with van der Waals surface area (Å²) in [4.78, 5) is 17.2. The van der Waals surface area contributed by atoms with Crippen LogP contribution in [0, 0.1) is 5.82 Å². The first-order valence-corrected chi connectivity index (χ1v) is 8.57. The van der Waals surface area contributed by atoms with Gasteiger partial charge in [-0.2, -0.15) is 4.98 Å². The number of morpholine rings is 1. The van der Waals surface area contributed by atoms with Crippen molar-refractivity contribution in [3.8, 4) is 0 Å². The molecule has 1 N–H and O–H groups in total. The van der Waals surface area contributed by atoms with Crippen molar-refractivity contribution in [3.05, 3.63) is 36.4 Å². The van der Waals surface area contributed by atoms with Crippen molar-refractivity contribution in [2.45, 2.75) is 12.5 Å². The monoisotopic (exact) mass is 344 g/mol. The van der Waals surface area contributed by atoms with Crippen LogP contribution in [0.25, 0.3) is 0 Å². The number of hydrogen-bond acceptors (Lipinski definition) is 7. The number of nitrogens with one attached hydrogen (secondary N) is 1. The van der Waals surface area contributed by atoms with Gasteiger partial charge in [-0.15, -0.1) is 0 Å². The maximum atomic E-state index is 13.9. The summed E-state index contributed by atoms with van der Waals surface area (Å²) in [6.07, 6.45) is 4.28. The molecule has 0 spiro atoms. The molecule has 2 aliphatic rings. The molecule has 25 heavy (non-hydrogen) atoms. The predicted molar refractivity (Wildman–Crippen MR) is 93.5 cm³/mol. The molecule has 0 radical (unpaired) electrons. The summed E-state index contributed by atoms with van der Waals surface area (Å²) in [6, 6.07) is 5.13. The van der Waals surface area contributed by atoms with Crippen molar-refractivity contribution in [1.29, 1.82) is 0 Å². The van der Waals surface area contributed by atoms with E-state index >= 15 is 0 Å². The van der Waals surface area contributed by atoms with Crippen LogP contribution in [0.4, 0.5) is 22.0 Å². The number of halogens is 1. The number of pyridine rings is 1. The Labute approximate surface area is 145 Å². The van der Waals surface area contributed by atoms with Crippen LogP contribution in [0.15, 0.2) is 30.6 Å². The van der Waals surface area contributed by atoms with E-state index in [9.17, 15) is 4.39 Å². The van der Waals surface area contributed by atoms with Crippen LogP contribution < -0.4 is 15.1 Å². The Hall–Kier alpha value is -2.48. The van der Waals surface area contributed by atoms with Gasteiger partial charge in [0, 0.05) is 44.6 Å². The van der Waals surface area contributed by atoms with E-state index in [2.05, 4.69) is 25.2 Å². The predicted octanol–water partition coefficient (Wildman–Crippen LogP) is 1.54. The minimum absolute atomic E-state index is 0.168. The van der Waals surface area contributed by atoms with Gasteiger partial charge in [-0.3, -0.25) is 0 Å². The summed E-state index contributed by atoms with van der Waals surface area (Å²) < 4.78 is 19.3. The molecule has 2 aromatic rings. The second-order valence-corrected chi connectivity index (χ2v) is 6.22. The lowest BCUT2D eigenvalue weighted by Gasteiger charge is -2.28. The van der Waals surface area contributed by atoms with Gasteiger partial charge < -0.3 is 19.9 Å². The molecule has 0 amide bonds. The Morgan fingerprint density at radius 3 is 2.80 bits per heavy atom. The summed E-state index contributed by atoms with van der Waals surface area (Å²) in [5.41, 5.74) is 0. The highest BCUT2D eigenvalue weighted by molar-refractivity contribution is 5.45. The summed E-state index contributed by atoms with van der Waals surface area (Å²) in [5.74, 6) is 1.65. The molecule has 132 valence electrons. The minimum atomic E-state index is -0.284. The fourth-order valence-corrected chi connectivity index (χ4v) is 3.25. The molecule has 2 aromatic heterocycles. The van der Waals surface area contributed by atoms with Gasteiger partial charge in [0.2, 0.25) is 5.95 Å². The molecule has 0 bridgehead atoms. The largest absolute Gasteiger partial charge is 0.378 e. The van der Waals surface area contributed by atoms with E-state index < -0.39 is 0 Å². The molecular formula is C17H21FN6O. The lowest BCUT2D eigenvalue weighted by Crippen LogP contribution is -2.37. The zero-order chi connectivity index (χ0) is 17.1. The number of aromatic nitrogens is 3. The standard InChI is InChI=1S/C17H21FN6O/c18-14-2-1-5-19-16(14)24-7-4-13(12-24)21-17-20-6-3-15(22-17)23-8-10-25-11-9-23/h1-3,5-6,13H,4,7-12H2,(H,20,21,22). The highest BCUT2D eigenvalue weighted by atomic mass is 19.1. The molecule has 4 heterocycles. The van der Waals surface area contributed by atoms with Crippen LogP contribution in [0.3, 0.4) is 0 Å². The molecule has 4 rings (SSSR count). The maximum Gasteiger partial charge on any atom is 0.224 e. The van der Waals surface area contributed by atoms with E-state index in [4.69, 9.17) is 4.74 Å². The topological polar surface area (TPSA) is 66.4 Å². The van der Waals surface area contributed by atoms with Crippen LogP contribution in [-0.4, -0.2) is 60.4 Å². The molecular weight excluding hydrogens is 323 g/mol. The third kappa shape index (κ3) is 3.63. The molecule has 7 nitrogen and oxygen atoms in total. The SMILES string of the molecule is Fc1cccnc1N1CCC(Nc2nccc(N3CCOCC3)n2)C1. The molecule has 0 aliphatic carbocycles. The van der Waals surface area contributed by atoms with Crippen LogP contribution >= 0.6 is 0 Å². The molecule has 1 unspecified atom stereocenters. The van der Waals surface area contributed by atoms with Crippen LogP contribution in [0.5, 0.6) is 0 Å². The van der Waals surface area contributed by atoms with Gasteiger partial charge >= 0.3 is 0 Å². The summed E-state index contributed by atoms with van der Waals surface area (Å²) in [7, 11) is 0. The Bertz CT molecular complexity index is 724. The van der Waals surface area contributed by atoms with Crippen LogP contribution in [0.2, 0.25) is 0 Å². The molecule has 1 atom stereocenters. The lowest BCUT2D eigenvalue weighted by atomic mass is 10.3. The van der Waals surface area contributed by atoms with Gasteiger partial charge in [-0.25, -0.2) is 14.4 Å². The highest BCUT2D eigenvalue weighted by Gasteiger charge is 2.26. The van der Waals surface area contributed by atoms with E-state index in [1.54, 1.807) is 18.5 Å². The van der Waals surface area contributed by atoms with Crippen LogP contribution in [-0.2, 0) is 4.74 Å². The van der Waals surface area contributed by atoms with Crippen molar-refractivity contribution in [1.82, 2.24) is 15.0 Å². The Morgan fingerprint density at radius 1 is 1.08 bits per heavy atom. The van der Waals surface area contributed by atoms with Crippen molar-refractivity contribution in [2.75, 3.05) is 54.5 Å². The molecule has 2 fully saturated rings. The summed E-state index contributed by atoms with van der Waals surface area (Å²) >= 11 is 0. The number of hydrogen-bond donors (Lipinski definition) is 1. The number of nitrogens with zero attached hydrogens (tertiary/aromatic N) is 5. The first-order valence-electron chi connectivity index (χ1n) is 8.57. The maximum absolute atomic E-state index is 13.9. The molecule has 0 saturated carbocycles. The fourth-order valence-electron chi connectivity index (χ4n) is 3.25. The van der Waals surface area contributed by atoms with Gasteiger partial charge in [0.25, 0.3) is 0 Å². The Morgan fingerprint density at radius 2 is 1.96 bits per heavy atom. The molecule has 0 aromatic carbocycles. The summed E-state index contributed by atoms with van der Waals surface area (Å²) in [6.45, 7) is 4.56. The summed E-state index contributed by atoms with van der Waals surface area (Å²) in [5, 5.41) is 3.37. The van der Waals surface area contributed by atoms with E-state index in [1.807, 2.05) is 11.0 Å². The number of anilines is 3. The van der Waals surface area contributed by atoms with Gasteiger partial charge in [0.1, 0.15) is 5.82 Å². The first kappa shape index (κ1) is 16.0. The molecule has 8 heteroatoms. The normalized spacial score (nSPS) is 20.8. The molecule has 2 aliphatic heterocycles. The fraction of sp³-hybridized carbons (Fsp3) is 0.471. The van der Waals surface area contributed by atoms with E-state index in [-0.39, 0.29) is 11.9 Å². The first-order chi connectivity index (χ1) is 12.3. The molecule has 2 saturated heterocycles. The van der Waals surface area contributed by atoms with Crippen molar-refractivity contribution < 1.29 is 9.13 Å². The third-order valence-corrected chi connectivity index (χ3v) is 4.54. The second-order valence-electron chi connectivity index (χ2n) is 6.22. The average Bonchev–Trinajstić information content (AvgIpc) is 3.11. The van der Waals surface area contributed by atoms with E-state index in [1.165, 1.54) is 6.07 Å². The van der Waals surface area contributed by atoms with Gasteiger partial charge in [-0.1, -0.05) is 0 Å².